The Bertz CT molecular complexity index is 1010. The summed E-state index contributed by atoms with van der Waals surface area (Å²) in [5, 5.41) is 8.52. The van der Waals surface area contributed by atoms with E-state index in [-0.39, 0.29) is 5.91 Å². The van der Waals surface area contributed by atoms with E-state index in [4.69, 9.17) is 4.74 Å². The van der Waals surface area contributed by atoms with Gasteiger partial charge in [0.05, 0.1) is 40.8 Å². The average Bonchev–Trinajstić information content (AvgIpc) is 3.27. The van der Waals surface area contributed by atoms with Crippen LogP contribution in [0.25, 0.3) is 10.2 Å². The molecule has 150 valence electrons. The first kappa shape index (κ1) is 18.3. The summed E-state index contributed by atoms with van der Waals surface area (Å²) in [6.45, 7) is 6.06. The van der Waals surface area contributed by atoms with Gasteiger partial charge < -0.3 is 19.4 Å². The van der Waals surface area contributed by atoms with Crippen LogP contribution in [-0.2, 0) is 4.74 Å². The Morgan fingerprint density at radius 1 is 1.00 bits per heavy atom. The van der Waals surface area contributed by atoms with Crippen LogP contribution < -0.4 is 9.80 Å². The van der Waals surface area contributed by atoms with Crippen molar-refractivity contribution in [3.05, 3.63) is 41.5 Å². The smallest absolute Gasteiger partial charge is 0.254 e. The van der Waals surface area contributed by atoms with Crippen molar-refractivity contribution in [2.45, 2.75) is 0 Å². The summed E-state index contributed by atoms with van der Waals surface area (Å²) in [6, 6.07) is 7.82. The highest BCUT2D eigenvalue weighted by atomic mass is 32.1. The van der Waals surface area contributed by atoms with Gasteiger partial charge in [0.2, 0.25) is 0 Å². The van der Waals surface area contributed by atoms with E-state index in [2.05, 4.69) is 31.0 Å². The van der Waals surface area contributed by atoms with Crippen molar-refractivity contribution in [3.63, 3.8) is 0 Å². The molecule has 0 aliphatic carbocycles. The molecular weight excluding hydrogens is 388 g/mol. The third kappa shape index (κ3) is 3.75. The minimum Gasteiger partial charge on any atom is -0.378 e. The predicted octanol–water partition coefficient (Wildman–Crippen LogP) is 1.89. The molecule has 1 aromatic carbocycles. The molecule has 0 radical (unpaired) electrons. The second-order valence-corrected chi connectivity index (χ2v) is 8.07. The van der Waals surface area contributed by atoms with Crippen molar-refractivity contribution >= 4 is 39.0 Å². The number of rotatable bonds is 3. The molecule has 2 aliphatic rings. The zero-order valence-electron chi connectivity index (χ0n) is 16.0. The Morgan fingerprint density at radius 2 is 1.83 bits per heavy atom. The monoisotopic (exact) mass is 410 g/mol. The van der Waals surface area contributed by atoms with Crippen LogP contribution >= 0.6 is 11.3 Å². The van der Waals surface area contributed by atoms with Crippen LogP contribution in [0.15, 0.2) is 36.0 Å². The van der Waals surface area contributed by atoms with Crippen LogP contribution in [0.1, 0.15) is 10.4 Å². The van der Waals surface area contributed by atoms with Crippen molar-refractivity contribution in [3.8, 4) is 0 Å². The van der Waals surface area contributed by atoms with Gasteiger partial charge in [0.15, 0.2) is 5.82 Å². The van der Waals surface area contributed by atoms with E-state index in [1.165, 1.54) is 0 Å². The quantitative estimate of drug-likeness (QED) is 0.653. The number of hydrogen-bond donors (Lipinski definition) is 0. The fourth-order valence-electron chi connectivity index (χ4n) is 3.80. The van der Waals surface area contributed by atoms with E-state index in [1.807, 2.05) is 34.8 Å². The van der Waals surface area contributed by atoms with Crippen molar-refractivity contribution in [1.29, 1.82) is 0 Å². The van der Waals surface area contributed by atoms with Gasteiger partial charge in [-0.15, -0.1) is 16.4 Å². The summed E-state index contributed by atoms with van der Waals surface area (Å²) in [7, 11) is 0. The minimum atomic E-state index is 0.0769. The summed E-state index contributed by atoms with van der Waals surface area (Å²) >= 11 is 1.56. The lowest BCUT2D eigenvalue weighted by Gasteiger charge is -2.36. The molecule has 9 heteroatoms. The topological polar surface area (TPSA) is 74.7 Å². The van der Waals surface area contributed by atoms with Crippen molar-refractivity contribution < 1.29 is 9.53 Å². The first-order chi connectivity index (χ1) is 14.3. The second-order valence-electron chi connectivity index (χ2n) is 7.19. The molecular formula is C20H22N6O2S. The second kappa shape index (κ2) is 7.92. The maximum Gasteiger partial charge on any atom is 0.254 e. The van der Waals surface area contributed by atoms with Gasteiger partial charge in [-0.05, 0) is 18.2 Å². The van der Waals surface area contributed by atoms with E-state index >= 15 is 0 Å². The summed E-state index contributed by atoms with van der Waals surface area (Å²) in [6.07, 6.45) is 1.81. The fraction of sp³-hybridized carbons (Fsp3) is 0.400. The van der Waals surface area contributed by atoms with E-state index in [0.29, 0.717) is 13.1 Å². The molecule has 8 nitrogen and oxygen atoms in total. The maximum absolute atomic E-state index is 12.9. The van der Waals surface area contributed by atoms with Gasteiger partial charge in [-0.25, -0.2) is 4.98 Å². The highest BCUT2D eigenvalue weighted by molar-refractivity contribution is 7.16. The van der Waals surface area contributed by atoms with Gasteiger partial charge >= 0.3 is 0 Å². The van der Waals surface area contributed by atoms with Crippen LogP contribution in [0.5, 0.6) is 0 Å². The average molecular weight is 411 g/mol. The Hall–Kier alpha value is -2.78. The molecule has 0 unspecified atom stereocenters. The van der Waals surface area contributed by atoms with Crippen molar-refractivity contribution in [1.82, 2.24) is 20.1 Å². The van der Waals surface area contributed by atoms with Gasteiger partial charge in [0, 0.05) is 50.9 Å². The molecule has 0 spiro atoms. The fourth-order valence-corrected chi connectivity index (χ4v) is 4.52. The largest absolute Gasteiger partial charge is 0.378 e. The van der Waals surface area contributed by atoms with Crippen molar-refractivity contribution in [2.75, 3.05) is 62.3 Å². The van der Waals surface area contributed by atoms with Crippen LogP contribution in [-0.4, -0.2) is 78.5 Å². The number of fused-ring (bicyclic) bond motifs is 1. The number of benzene rings is 1. The number of piperazine rings is 1. The lowest BCUT2D eigenvalue weighted by atomic mass is 10.1. The van der Waals surface area contributed by atoms with Crippen molar-refractivity contribution in [2.24, 2.45) is 0 Å². The van der Waals surface area contributed by atoms with Crippen LogP contribution in [0.4, 0.5) is 11.5 Å². The zero-order chi connectivity index (χ0) is 19.6. The molecule has 3 aromatic rings. The number of morpholine rings is 1. The predicted molar refractivity (Wildman–Crippen MR) is 113 cm³/mol. The molecule has 29 heavy (non-hydrogen) atoms. The lowest BCUT2D eigenvalue weighted by molar-refractivity contribution is 0.0746. The minimum absolute atomic E-state index is 0.0769. The number of hydrogen-bond acceptors (Lipinski definition) is 8. The van der Waals surface area contributed by atoms with E-state index in [1.54, 1.807) is 11.3 Å². The highest BCUT2D eigenvalue weighted by Gasteiger charge is 2.24. The molecule has 0 N–H and O–H groups in total. The highest BCUT2D eigenvalue weighted by Crippen LogP contribution is 2.23. The molecule has 0 bridgehead atoms. The van der Waals surface area contributed by atoms with E-state index in [9.17, 15) is 4.79 Å². The Labute approximate surface area is 172 Å². The summed E-state index contributed by atoms with van der Waals surface area (Å²) in [4.78, 5) is 23.6. The Kier molecular flexibility index (Phi) is 4.99. The number of ether oxygens (including phenoxy) is 1. The maximum atomic E-state index is 12.9. The number of carbonyl (C=O) groups excluding carboxylic acids is 1. The molecule has 1 amide bonds. The molecule has 2 fully saturated rings. The zero-order valence-corrected chi connectivity index (χ0v) is 16.8. The molecule has 0 saturated carbocycles. The van der Waals surface area contributed by atoms with E-state index < -0.39 is 0 Å². The molecule has 2 aromatic heterocycles. The van der Waals surface area contributed by atoms with Gasteiger partial charge in [-0.1, -0.05) is 0 Å². The number of nitrogens with zero attached hydrogens (tertiary/aromatic N) is 6. The molecule has 4 heterocycles. The van der Waals surface area contributed by atoms with Gasteiger partial charge in [-0.3, -0.25) is 4.79 Å². The Morgan fingerprint density at radius 3 is 2.66 bits per heavy atom. The van der Waals surface area contributed by atoms with E-state index in [0.717, 1.165) is 66.7 Å². The molecule has 2 aliphatic heterocycles. The Balaban J connectivity index is 1.24. The normalized spacial score (nSPS) is 17.7. The van der Waals surface area contributed by atoms with Gasteiger partial charge in [-0.2, -0.15) is 5.10 Å². The first-order valence-electron chi connectivity index (χ1n) is 9.81. The summed E-state index contributed by atoms with van der Waals surface area (Å²) in [5.41, 5.74) is 4.55. The third-order valence-corrected chi connectivity index (χ3v) is 6.26. The molecule has 0 atom stereocenters. The van der Waals surface area contributed by atoms with Crippen LogP contribution in [0, 0.1) is 0 Å². The standard InChI is InChI=1S/C20H22N6O2S/c27-20(15-1-2-17-18(11-15)29-14-21-17)26-5-3-25(4-6-26)19-12-16(13-22-23-19)24-7-9-28-10-8-24/h1-2,11-14H,3-10H2. The third-order valence-electron chi connectivity index (χ3n) is 5.47. The number of aromatic nitrogens is 3. The SMILES string of the molecule is O=C(c1ccc2ncsc2c1)N1CCN(c2cc(N3CCOCC3)cnn2)CC1. The number of carbonyl (C=O) groups is 1. The van der Waals surface area contributed by atoms with Crippen LogP contribution in [0.2, 0.25) is 0 Å². The van der Waals surface area contributed by atoms with Gasteiger partial charge in [0.1, 0.15) is 0 Å². The van der Waals surface area contributed by atoms with Crippen LogP contribution in [0.3, 0.4) is 0 Å². The molecule has 5 rings (SSSR count). The number of amides is 1. The molecule has 2 saturated heterocycles. The summed E-state index contributed by atoms with van der Waals surface area (Å²) in [5.74, 6) is 0.945. The number of thiazole rings is 1. The van der Waals surface area contributed by atoms with Gasteiger partial charge in [0.25, 0.3) is 5.91 Å². The summed E-state index contributed by atoms with van der Waals surface area (Å²) < 4.78 is 6.48. The number of anilines is 2. The first-order valence-corrected chi connectivity index (χ1v) is 10.7. The lowest BCUT2D eigenvalue weighted by Crippen LogP contribution is -2.49.